The van der Waals surface area contributed by atoms with Crippen molar-refractivity contribution < 1.29 is 0 Å². The van der Waals surface area contributed by atoms with Crippen LogP contribution in [0.15, 0.2) is 42.5 Å². The summed E-state index contributed by atoms with van der Waals surface area (Å²) in [6.07, 6.45) is 0. The highest BCUT2D eigenvalue weighted by Crippen LogP contribution is 2.29. The van der Waals surface area contributed by atoms with Crippen LogP contribution in [0.2, 0.25) is 10.0 Å². The van der Waals surface area contributed by atoms with Gasteiger partial charge in [-0.25, -0.2) is 0 Å². The Labute approximate surface area is 123 Å². The van der Waals surface area contributed by atoms with Gasteiger partial charge in [0.25, 0.3) is 0 Å². The van der Waals surface area contributed by atoms with Crippen molar-refractivity contribution >= 4 is 34.6 Å². The molecule has 0 unspecified atom stereocenters. The Morgan fingerprint density at radius 1 is 0.895 bits per heavy atom. The summed E-state index contributed by atoms with van der Waals surface area (Å²) in [7, 11) is 0. The third kappa shape index (κ3) is 4.05. The van der Waals surface area contributed by atoms with Gasteiger partial charge < -0.3 is 10.6 Å². The molecule has 0 heterocycles. The molecule has 0 aliphatic heterocycles. The first-order chi connectivity index (χ1) is 9.16. The number of halogens is 2. The maximum absolute atomic E-state index is 6.09. The molecule has 0 spiro atoms. The van der Waals surface area contributed by atoms with Crippen molar-refractivity contribution in [3.63, 3.8) is 0 Å². The van der Waals surface area contributed by atoms with Crippen LogP contribution in [-0.4, -0.2) is 13.1 Å². The van der Waals surface area contributed by atoms with Gasteiger partial charge in [-0.15, -0.1) is 0 Å². The predicted octanol–water partition coefficient (Wildman–Crippen LogP) is 4.83. The Kier molecular flexibility index (Phi) is 4.94. The van der Waals surface area contributed by atoms with Crippen molar-refractivity contribution in [2.75, 3.05) is 23.7 Å². The van der Waals surface area contributed by atoms with E-state index in [1.165, 1.54) is 5.56 Å². The first kappa shape index (κ1) is 14.0. The van der Waals surface area contributed by atoms with Crippen LogP contribution in [0.3, 0.4) is 0 Å². The topological polar surface area (TPSA) is 24.1 Å². The Morgan fingerprint density at radius 3 is 2.32 bits per heavy atom. The Bertz CT molecular complexity index is 538. The first-order valence-electron chi connectivity index (χ1n) is 6.15. The minimum absolute atomic E-state index is 0.568. The molecule has 19 heavy (non-hydrogen) atoms. The first-order valence-corrected chi connectivity index (χ1v) is 6.91. The summed E-state index contributed by atoms with van der Waals surface area (Å²) in [6, 6.07) is 13.9. The van der Waals surface area contributed by atoms with E-state index in [-0.39, 0.29) is 0 Å². The number of aryl methyl sites for hydroxylation is 1. The third-order valence-electron chi connectivity index (χ3n) is 2.77. The van der Waals surface area contributed by atoms with Gasteiger partial charge >= 0.3 is 0 Å². The summed E-state index contributed by atoms with van der Waals surface area (Å²) in [6.45, 7) is 3.66. The van der Waals surface area contributed by atoms with E-state index < -0.39 is 0 Å². The van der Waals surface area contributed by atoms with Crippen molar-refractivity contribution in [2.24, 2.45) is 0 Å². The van der Waals surface area contributed by atoms with Gasteiger partial charge in [0.2, 0.25) is 0 Å². The molecule has 0 radical (unpaired) electrons. The van der Waals surface area contributed by atoms with Crippen LogP contribution in [0.5, 0.6) is 0 Å². The zero-order chi connectivity index (χ0) is 13.7. The van der Waals surface area contributed by atoms with Crippen molar-refractivity contribution in [1.82, 2.24) is 0 Å². The fourth-order valence-corrected chi connectivity index (χ4v) is 2.08. The van der Waals surface area contributed by atoms with E-state index in [0.29, 0.717) is 10.0 Å². The summed E-state index contributed by atoms with van der Waals surface area (Å²) >= 11 is 12.0. The Hall–Kier alpha value is -1.38. The standard InChI is InChI=1S/C15H16Cl2N2/c1-11-5-7-12(8-6-11)18-9-10-19-14-4-2-3-13(16)15(14)17/h2-8,18-19H,9-10H2,1H3. The van der Waals surface area contributed by atoms with Crippen LogP contribution in [-0.2, 0) is 0 Å². The van der Waals surface area contributed by atoms with Gasteiger partial charge in [0.1, 0.15) is 0 Å². The Morgan fingerprint density at radius 2 is 1.58 bits per heavy atom. The summed E-state index contributed by atoms with van der Waals surface area (Å²) in [5.41, 5.74) is 3.24. The quantitative estimate of drug-likeness (QED) is 0.772. The molecule has 0 atom stereocenters. The van der Waals surface area contributed by atoms with Crippen LogP contribution in [0.1, 0.15) is 5.56 Å². The molecule has 100 valence electrons. The zero-order valence-electron chi connectivity index (χ0n) is 10.7. The van der Waals surface area contributed by atoms with Crippen molar-refractivity contribution in [3.05, 3.63) is 58.1 Å². The SMILES string of the molecule is Cc1ccc(NCCNc2cccc(Cl)c2Cl)cc1. The van der Waals surface area contributed by atoms with Crippen LogP contribution in [0, 0.1) is 6.92 Å². The molecular formula is C15H16Cl2N2. The molecule has 0 saturated carbocycles. The van der Waals surface area contributed by atoms with Gasteiger partial charge in [-0.3, -0.25) is 0 Å². The number of nitrogens with one attached hydrogen (secondary N) is 2. The second-order valence-corrected chi connectivity index (χ2v) is 5.11. The second kappa shape index (κ2) is 6.69. The summed E-state index contributed by atoms with van der Waals surface area (Å²) in [5.74, 6) is 0. The third-order valence-corrected chi connectivity index (χ3v) is 3.59. The molecule has 0 fully saturated rings. The average Bonchev–Trinajstić information content (AvgIpc) is 2.41. The molecular weight excluding hydrogens is 279 g/mol. The van der Waals surface area contributed by atoms with Crippen LogP contribution < -0.4 is 10.6 Å². The lowest BCUT2D eigenvalue weighted by molar-refractivity contribution is 1.08. The van der Waals surface area contributed by atoms with Crippen LogP contribution >= 0.6 is 23.2 Å². The fraction of sp³-hybridized carbons (Fsp3) is 0.200. The molecule has 2 rings (SSSR count). The van der Waals surface area contributed by atoms with Gasteiger partial charge in [-0.2, -0.15) is 0 Å². The zero-order valence-corrected chi connectivity index (χ0v) is 12.2. The van der Waals surface area contributed by atoms with Gasteiger partial charge in [0, 0.05) is 18.8 Å². The minimum Gasteiger partial charge on any atom is -0.383 e. The number of hydrogen-bond donors (Lipinski definition) is 2. The normalized spacial score (nSPS) is 10.3. The maximum atomic E-state index is 6.09. The predicted molar refractivity (Wildman–Crippen MR) is 84.6 cm³/mol. The maximum Gasteiger partial charge on any atom is 0.0823 e. The largest absolute Gasteiger partial charge is 0.383 e. The van der Waals surface area contributed by atoms with Gasteiger partial charge in [-0.05, 0) is 31.2 Å². The fourth-order valence-electron chi connectivity index (χ4n) is 1.72. The molecule has 0 aliphatic rings. The van der Waals surface area contributed by atoms with E-state index in [1.807, 2.05) is 12.1 Å². The van der Waals surface area contributed by atoms with E-state index >= 15 is 0 Å². The van der Waals surface area contributed by atoms with E-state index in [0.717, 1.165) is 24.5 Å². The van der Waals surface area contributed by atoms with E-state index in [2.05, 4.69) is 41.8 Å². The molecule has 2 N–H and O–H groups in total. The molecule has 2 nitrogen and oxygen atoms in total. The molecule has 0 aliphatic carbocycles. The summed E-state index contributed by atoms with van der Waals surface area (Å²) in [5, 5.41) is 7.73. The van der Waals surface area contributed by atoms with Gasteiger partial charge in [0.15, 0.2) is 0 Å². The van der Waals surface area contributed by atoms with E-state index in [1.54, 1.807) is 6.07 Å². The molecule has 4 heteroatoms. The van der Waals surface area contributed by atoms with E-state index in [9.17, 15) is 0 Å². The summed E-state index contributed by atoms with van der Waals surface area (Å²) in [4.78, 5) is 0. The smallest absolute Gasteiger partial charge is 0.0823 e. The second-order valence-electron chi connectivity index (χ2n) is 4.32. The molecule has 2 aromatic rings. The van der Waals surface area contributed by atoms with Crippen molar-refractivity contribution in [3.8, 4) is 0 Å². The highest BCUT2D eigenvalue weighted by Gasteiger charge is 2.02. The molecule has 0 bridgehead atoms. The molecule has 0 saturated heterocycles. The lowest BCUT2D eigenvalue weighted by atomic mass is 10.2. The van der Waals surface area contributed by atoms with Crippen molar-refractivity contribution in [1.29, 1.82) is 0 Å². The molecule has 0 aromatic heterocycles. The summed E-state index contributed by atoms with van der Waals surface area (Å²) < 4.78 is 0. The van der Waals surface area contributed by atoms with E-state index in [4.69, 9.17) is 23.2 Å². The Balaban J connectivity index is 1.81. The number of benzene rings is 2. The van der Waals surface area contributed by atoms with Crippen LogP contribution in [0.25, 0.3) is 0 Å². The number of anilines is 2. The van der Waals surface area contributed by atoms with Crippen molar-refractivity contribution in [2.45, 2.75) is 6.92 Å². The molecule has 0 amide bonds. The monoisotopic (exact) mass is 294 g/mol. The lowest BCUT2D eigenvalue weighted by Crippen LogP contribution is -2.13. The average molecular weight is 295 g/mol. The minimum atomic E-state index is 0.568. The molecule has 2 aromatic carbocycles. The number of rotatable bonds is 5. The van der Waals surface area contributed by atoms with Gasteiger partial charge in [0.05, 0.1) is 15.7 Å². The number of hydrogen-bond acceptors (Lipinski definition) is 2. The van der Waals surface area contributed by atoms with Crippen LogP contribution in [0.4, 0.5) is 11.4 Å². The van der Waals surface area contributed by atoms with Gasteiger partial charge in [-0.1, -0.05) is 47.0 Å². The lowest BCUT2D eigenvalue weighted by Gasteiger charge is -2.11. The highest BCUT2D eigenvalue weighted by molar-refractivity contribution is 6.43. The highest BCUT2D eigenvalue weighted by atomic mass is 35.5.